The number of hydrogen-bond acceptors (Lipinski definition) is 5. The molecule has 0 aromatic carbocycles. The molecule has 2 aliphatic heterocycles. The predicted octanol–water partition coefficient (Wildman–Crippen LogP) is 1.36. The van der Waals surface area contributed by atoms with E-state index in [0.717, 1.165) is 51.1 Å². The van der Waals surface area contributed by atoms with Gasteiger partial charge in [-0.2, -0.15) is 0 Å². The smallest absolute Gasteiger partial charge is 0.223 e. The number of morpholine rings is 1. The summed E-state index contributed by atoms with van der Waals surface area (Å²) in [7, 11) is 0. The normalized spacial score (nSPS) is 23.7. The van der Waals surface area contributed by atoms with Crippen LogP contribution in [-0.4, -0.2) is 66.3 Å². The molecule has 0 saturated carbocycles. The van der Waals surface area contributed by atoms with Crippen molar-refractivity contribution in [3.63, 3.8) is 0 Å². The Balaban J connectivity index is 1.65. The summed E-state index contributed by atoms with van der Waals surface area (Å²) in [6.07, 6.45) is 4.93. The number of amides is 1. The summed E-state index contributed by atoms with van der Waals surface area (Å²) < 4.78 is 5.69. The van der Waals surface area contributed by atoms with E-state index in [1.54, 1.807) is 0 Å². The maximum absolute atomic E-state index is 12.7. The number of carbonyl (C=O) groups excluding carboxylic acids is 1. The number of nitrogens with zero attached hydrogens (tertiary/aromatic N) is 2. The molecule has 6 nitrogen and oxygen atoms in total. The van der Waals surface area contributed by atoms with E-state index in [1.165, 1.54) is 0 Å². The Labute approximate surface area is 156 Å². The van der Waals surface area contributed by atoms with Gasteiger partial charge in [0.2, 0.25) is 5.91 Å². The van der Waals surface area contributed by atoms with Crippen molar-refractivity contribution >= 4 is 5.91 Å². The van der Waals surface area contributed by atoms with Crippen LogP contribution in [0.5, 0.6) is 0 Å². The molecular weight excluding hydrogens is 328 g/mol. The van der Waals surface area contributed by atoms with Gasteiger partial charge in [-0.05, 0) is 38.8 Å². The number of carbonyl (C=O) groups is 1. The highest BCUT2D eigenvalue weighted by molar-refractivity contribution is 5.77. The molecule has 1 amide bonds. The fraction of sp³-hybridized carbons (Fsp3) is 0.700. The Morgan fingerprint density at radius 1 is 1.42 bits per heavy atom. The monoisotopic (exact) mass is 360 g/mol. The molecule has 3 rings (SSSR count). The Hall–Kier alpha value is -1.50. The zero-order valence-corrected chi connectivity index (χ0v) is 16.0. The number of rotatable bonds is 6. The lowest BCUT2D eigenvalue weighted by molar-refractivity contribution is -0.127. The molecule has 2 aliphatic rings. The summed E-state index contributed by atoms with van der Waals surface area (Å²) in [5.41, 5.74) is 0.834. The average molecular weight is 361 g/mol. The van der Waals surface area contributed by atoms with Crippen molar-refractivity contribution in [1.29, 1.82) is 0 Å². The summed E-state index contributed by atoms with van der Waals surface area (Å²) in [4.78, 5) is 19.7. The molecule has 3 heterocycles. The third kappa shape index (κ3) is 5.25. The maximum atomic E-state index is 12.7. The Kier molecular flexibility index (Phi) is 6.62. The first-order valence-corrected chi connectivity index (χ1v) is 9.84. The number of nitrogens with one attached hydrogen (secondary N) is 2. The average Bonchev–Trinajstić information content (AvgIpc) is 2.63. The van der Waals surface area contributed by atoms with Gasteiger partial charge in [-0.15, -0.1) is 0 Å². The first kappa shape index (κ1) is 19.3. The van der Waals surface area contributed by atoms with Gasteiger partial charge < -0.3 is 20.3 Å². The van der Waals surface area contributed by atoms with E-state index in [4.69, 9.17) is 4.74 Å². The molecule has 2 N–H and O–H groups in total. The molecule has 0 aliphatic carbocycles. The highest BCUT2D eigenvalue weighted by Gasteiger charge is 2.37. The number of pyridine rings is 1. The minimum atomic E-state index is -0.209. The van der Waals surface area contributed by atoms with Crippen LogP contribution in [0.25, 0.3) is 0 Å². The van der Waals surface area contributed by atoms with Crippen molar-refractivity contribution in [2.45, 2.75) is 57.2 Å². The van der Waals surface area contributed by atoms with Crippen LogP contribution in [0.3, 0.4) is 0 Å². The van der Waals surface area contributed by atoms with Crippen molar-refractivity contribution in [2.75, 3.05) is 32.8 Å². The predicted molar refractivity (Wildman–Crippen MR) is 102 cm³/mol. The van der Waals surface area contributed by atoms with Gasteiger partial charge in [-0.25, -0.2) is 0 Å². The zero-order chi connectivity index (χ0) is 18.4. The van der Waals surface area contributed by atoms with Crippen LogP contribution in [-0.2, 0) is 16.0 Å². The molecule has 144 valence electrons. The summed E-state index contributed by atoms with van der Waals surface area (Å²) in [5.74, 6) is 0.0904. The molecule has 1 aromatic rings. The van der Waals surface area contributed by atoms with E-state index in [2.05, 4.69) is 40.4 Å². The van der Waals surface area contributed by atoms with E-state index in [0.29, 0.717) is 19.1 Å². The van der Waals surface area contributed by atoms with E-state index in [9.17, 15) is 4.79 Å². The molecule has 0 radical (unpaired) electrons. The molecular formula is C20H32N4O2. The number of ether oxygens (including phenoxy) is 1. The number of likely N-dealkylation sites (tertiary alicyclic amines) is 1. The highest BCUT2D eigenvalue weighted by atomic mass is 16.5. The second-order valence-corrected chi connectivity index (χ2v) is 7.86. The van der Waals surface area contributed by atoms with Crippen LogP contribution in [0.15, 0.2) is 24.4 Å². The topological polar surface area (TPSA) is 66.5 Å². The van der Waals surface area contributed by atoms with Crippen LogP contribution in [0, 0.1) is 0 Å². The standard InChI is InChI=1S/C20H32N4O2/c1-16(2)24-10-6-20(7-11-24,14-17-5-3-4-8-22-17)23-19(25)13-18-15-21-9-12-26-18/h3-5,8,16,18,21H,6-7,9-15H2,1-2H3,(H,23,25). The Morgan fingerprint density at radius 3 is 2.85 bits per heavy atom. The van der Waals surface area contributed by atoms with Gasteiger partial charge in [0.05, 0.1) is 19.1 Å². The minimum Gasteiger partial charge on any atom is -0.375 e. The van der Waals surface area contributed by atoms with Crippen molar-refractivity contribution in [3.8, 4) is 0 Å². The SMILES string of the molecule is CC(C)N1CCC(Cc2ccccn2)(NC(=O)CC2CNCCO2)CC1. The second kappa shape index (κ2) is 8.93. The minimum absolute atomic E-state index is 0.0218. The van der Waals surface area contributed by atoms with Crippen LogP contribution in [0.2, 0.25) is 0 Å². The van der Waals surface area contributed by atoms with Gasteiger partial charge in [0.25, 0.3) is 0 Å². The zero-order valence-electron chi connectivity index (χ0n) is 16.0. The fourth-order valence-corrected chi connectivity index (χ4v) is 3.97. The molecule has 1 atom stereocenters. The fourth-order valence-electron chi connectivity index (χ4n) is 3.97. The van der Waals surface area contributed by atoms with Gasteiger partial charge in [-0.3, -0.25) is 9.78 Å². The summed E-state index contributed by atoms with van der Waals surface area (Å²) in [6, 6.07) is 6.54. The van der Waals surface area contributed by atoms with Gasteiger partial charge >= 0.3 is 0 Å². The van der Waals surface area contributed by atoms with Crippen LogP contribution in [0.1, 0.15) is 38.8 Å². The second-order valence-electron chi connectivity index (χ2n) is 7.86. The number of piperidine rings is 1. The number of hydrogen-bond donors (Lipinski definition) is 2. The molecule has 0 spiro atoms. The van der Waals surface area contributed by atoms with Gasteiger partial charge in [0, 0.05) is 56.1 Å². The first-order chi connectivity index (χ1) is 12.6. The lowest BCUT2D eigenvalue weighted by Gasteiger charge is -2.44. The van der Waals surface area contributed by atoms with Crippen LogP contribution < -0.4 is 10.6 Å². The summed E-state index contributed by atoms with van der Waals surface area (Å²) in [6.45, 7) is 8.78. The first-order valence-electron chi connectivity index (χ1n) is 9.84. The van der Waals surface area contributed by atoms with Crippen LogP contribution >= 0.6 is 0 Å². The molecule has 1 unspecified atom stereocenters. The van der Waals surface area contributed by atoms with Gasteiger partial charge in [0.15, 0.2) is 0 Å². The van der Waals surface area contributed by atoms with Crippen molar-refractivity contribution < 1.29 is 9.53 Å². The quantitative estimate of drug-likeness (QED) is 0.802. The van der Waals surface area contributed by atoms with Crippen LogP contribution in [0.4, 0.5) is 0 Å². The van der Waals surface area contributed by atoms with E-state index < -0.39 is 0 Å². The summed E-state index contributed by atoms with van der Waals surface area (Å²) in [5, 5.41) is 6.66. The third-order valence-corrected chi connectivity index (χ3v) is 5.55. The van der Waals surface area contributed by atoms with Crippen molar-refractivity contribution in [2.24, 2.45) is 0 Å². The highest BCUT2D eigenvalue weighted by Crippen LogP contribution is 2.27. The Bertz CT molecular complexity index is 564. The molecule has 2 fully saturated rings. The van der Waals surface area contributed by atoms with Gasteiger partial charge in [0.1, 0.15) is 0 Å². The molecule has 26 heavy (non-hydrogen) atoms. The molecule has 2 saturated heterocycles. The van der Waals surface area contributed by atoms with Crippen molar-refractivity contribution in [1.82, 2.24) is 20.5 Å². The molecule has 1 aromatic heterocycles. The third-order valence-electron chi connectivity index (χ3n) is 5.55. The van der Waals surface area contributed by atoms with E-state index in [1.807, 2.05) is 18.3 Å². The number of aromatic nitrogens is 1. The van der Waals surface area contributed by atoms with Gasteiger partial charge in [-0.1, -0.05) is 6.07 Å². The van der Waals surface area contributed by atoms with E-state index >= 15 is 0 Å². The summed E-state index contributed by atoms with van der Waals surface area (Å²) >= 11 is 0. The largest absolute Gasteiger partial charge is 0.375 e. The Morgan fingerprint density at radius 2 is 2.23 bits per heavy atom. The molecule has 6 heteroatoms. The lowest BCUT2D eigenvalue weighted by atomic mass is 9.82. The maximum Gasteiger partial charge on any atom is 0.223 e. The van der Waals surface area contributed by atoms with E-state index in [-0.39, 0.29) is 17.6 Å². The lowest BCUT2D eigenvalue weighted by Crippen LogP contribution is -2.58. The molecule has 0 bridgehead atoms. The van der Waals surface area contributed by atoms with Crippen molar-refractivity contribution in [3.05, 3.63) is 30.1 Å².